The molecule has 9 nitrogen and oxygen atoms in total. The molecule has 248 valence electrons. The van der Waals surface area contributed by atoms with Crippen LogP contribution in [0.15, 0.2) is 0 Å². The molecule has 0 rings (SSSR count). The summed E-state index contributed by atoms with van der Waals surface area (Å²) in [6, 6.07) is 0. The Labute approximate surface area is 247 Å². The third kappa shape index (κ3) is 40.6. The van der Waals surface area contributed by atoms with Gasteiger partial charge in [-0.05, 0) is 45.4 Å². The minimum Gasteiger partial charge on any atom is -0.394 e. The van der Waals surface area contributed by atoms with Crippen molar-refractivity contribution in [2.75, 3.05) is 43.6 Å². The zero-order valence-corrected chi connectivity index (χ0v) is 29.5. The maximum atomic E-state index is 11.3. The van der Waals surface area contributed by atoms with E-state index in [1.807, 2.05) is 41.5 Å². The number of hydrogen-bond donors (Lipinski definition) is 6. The van der Waals surface area contributed by atoms with E-state index in [4.69, 9.17) is 15.3 Å². The van der Waals surface area contributed by atoms with Crippen LogP contribution in [0, 0.1) is 0 Å². The molecule has 0 aliphatic carbocycles. The maximum absolute atomic E-state index is 11.3. The SMILES string of the molecule is CC(O)C(O)CO.CCCCP(=O)(O)CCCC.CCCCP(=O)(O)CCCC.CCCCP(=O)(O)CCCC. The van der Waals surface area contributed by atoms with Crippen molar-refractivity contribution >= 4 is 22.1 Å². The molecule has 2 unspecified atom stereocenters. The Morgan fingerprint density at radius 2 is 0.650 bits per heavy atom. The highest BCUT2D eigenvalue weighted by Gasteiger charge is 2.16. The second kappa shape index (κ2) is 30.9. The molecule has 0 bridgehead atoms. The van der Waals surface area contributed by atoms with E-state index in [2.05, 4.69) is 0 Å². The number of aliphatic hydroxyl groups is 3. The maximum Gasteiger partial charge on any atom is 0.200 e. The third-order valence-corrected chi connectivity index (χ3v) is 12.0. The van der Waals surface area contributed by atoms with Crippen LogP contribution in [0.4, 0.5) is 0 Å². The van der Waals surface area contributed by atoms with Gasteiger partial charge in [-0.2, -0.15) is 0 Å². The van der Waals surface area contributed by atoms with E-state index < -0.39 is 34.3 Å². The second-order valence-electron chi connectivity index (χ2n) is 10.5. The number of unbranched alkanes of at least 4 members (excludes halogenated alkanes) is 6. The van der Waals surface area contributed by atoms with E-state index >= 15 is 0 Å². The smallest absolute Gasteiger partial charge is 0.200 e. The van der Waals surface area contributed by atoms with Crippen molar-refractivity contribution in [2.45, 2.75) is 138 Å². The zero-order valence-electron chi connectivity index (χ0n) is 26.8. The minimum atomic E-state index is -2.73. The molecule has 12 heteroatoms. The fourth-order valence-electron chi connectivity index (χ4n) is 2.92. The van der Waals surface area contributed by atoms with Crippen LogP contribution in [0.1, 0.15) is 126 Å². The summed E-state index contributed by atoms with van der Waals surface area (Å²) in [6.45, 7) is 13.3. The molecule has 0 fully saturated rings. The lowest BCUT2D eigenvalue weighted by molar-refractivity contribution is -0.00425. The Morgan fingerprint density at radius 3 is 0.725 bits per heavy atom. The van der Waals surface area contributed by atoms with E-state index in [-0.39, 0.29) is 6.61 Å². The number of rotatable bonds is 20. The van der Waals surface area contributed by atoms with Crippen LogP contribution in [0.2, 0.25) is 0 Å². The van der Waals surface area contributed by atoms with Crippen molar-refractivity contribution < 1.29 is 43.7 Å². The highest BCUT2D eigenvalue weighted by atomic mass is 31.2. The van der Waals surface area contributed by atoms with E-state index in [0.29, 0.717) is 37.0 Å². The van der Waals surface area contributed by atoms with Crippen molar-refractivity contribution in [3.8, 4) is 0 Å². The van der Waals surface area contributed by atoms with Gasteiger partial charge in [0.15, 0.2) is 0 Å². The fraction of sp³-hybridized carbons (Fsp3) is 1.00. The first-order valence-electron chi connectivity index (χ1n) is 15.4. The normalized spacial score (nSPS) is 13.1. The van der Waals surface area contributed by atoms with Gasteiger partial charge >= 0.3 is 0 Å². The van der Waals surface area contributed by atoms with Crippen molar-refractivity contribution in [1.82, 2.24) is 0 Å². The van der Waals surface area contributed by atoms with Gasteiger partial charge in [-0.25, -0.2) is 0 Å². The molecule has 0 amide bonds. The van der Waals surface area contributed by atoms with E-state index in [9.17, 15) is 28.4 Å². The van der Waals surface area contributed by atoms with Crippen LogP contribution < -0.4 is 0 Å². The molecular weight excluding hydrogens is 573 g/mol. The summed E-state index contributed by atoms with van der Waals surface area (Å²) in [5.74, 6) is 0. The van der Waals surface area contributed by atoms with Crippen molar-refractivity contribution in [2.24, 2.45) is 0 Å². The second-order valence-corrected chi connectivity index (χ2v) is 18.3. The predicted molar refractivity (Wildman–Crippen MR) is 173 cm³/mol. The van der Waals surface area contributed by atoms with Crippen molar-refractivity contribution in [3.63, 3.8) is 0 Å². The molecule has 0 aliphatic heterocycles. The molecule has 40 heavy (non-hydrogen) atoms. The van der Waals surface area contributed by atoms with Gasteiger partial charge < -0.3 is 30.0 Å². The molecule has 0 spiro atoms. The van der Waals surface area contributed by atoms with Crippen LogP contribution in [-0.4, -0.2) is 85.8 Å². The first-order chi connectivity index (χ1) is 18.5. The average Bonchev–Trinajstić information content (AvgIpc) is 2.91. The lowest BCUT2D eigenvalue weighted by Gasteiger charge is -2.09. The summed E-state index contributed by atoms with van der Waals surface area (Å²) in [5, 5.41) is 24.9. The van der Waals surface area contributed by atoms with Gasteiger partial charge in [-0.15, -0.1) is 0 Å². The van der Waals surface area contributed by atoms with Gasteiger partial charge in [-0.1, -0.05) is 80.1 Å². The van der Waals surface area contributed by atoms with E-state index in [0.717, 1.165) is 77.0 Å². The van der Waals surface area contributed by atoms with E-state index in [1.54, 1.807) is 0 Å². The number of aliphatic hydroxyl groups excluding tert-OH is 3. The molecule has 0 aromatic carbocycles. The molecule has 0 aromatic heterocycles. The highest BCUT2D eigenvalue weighted by Crippen LogP contribution is 2.43. The average molecular weight is 641 g/mol. The van der Waals surface area contributed by atoms with Crippen molar-refractivity contribution in [3.05, 3.63) is 0 Å². The summed E-state index contributed by atoms with van der Waals surface area (Å²) in [4.78, 5) is 28.0. The molecule has 0 heterocycles. The minimum absolute atomic E-state index is 0.377. The first-order valence-corrected chi connectivity index (χ1v) is 21.5. The Kier molecular flexibility index (Phi) is 36.6. The third-order valence-electron chi connectivity index (χ3n) is 5.91. The van der Waals surface area contributed by atoms with E-state index in [1.165, 1.54) is 6.92 Å². The summed E-state index contributed by atoms with van der Waals surface area (Å²) in [5.41, 5.74) is 0. The van der Waals surface area contributed by atoms with Crippen molar-refractivity contribution in [1.29, 1.82) is 0 Å². The summed E-state index contributed by atoms with van der Waals surface area (Å²) < 4.78 is 33.9. The van der Waals surface area contributed by atoms with Gasteiger partial charge in [0, 0.05) is 37.0 Å². The highest BCUT2D eigenvalue weighted by molar-refractivity contribution is 7.58. The Hall–Kier alpha value is 0.450. The topological polar surface area (TPSA) is 173 Å². The molecule has 0 saturated carbocycles. The van der Waals surface area contributed by atoms with Gasteiger partial charge in [0.2, 0.25) is 22.1 Å². The van der Waals surface area contributed by atoms with Crippen LogP contribution in [0.25, 0.3) is 0 Å². The standard InChI is InChI=1S/3C8H19O2P.C4H10O3/c3*1-3-5-7-11(9,10)8-6-4-2;1-3(6)4(7)2-5/h3*3-8H2,1-2H3,(H,9,10);3-7H,2H2,1H3. The summed E-state index contributed by atoms with van der Waals surface area (Å²) >= 11 is 0. The summed E-state index contributed by atoms with van der Waals surface area (Å²) in [7, 11) is -8.18. The molecule has 0 aliphatic rings. The molecule has 6 N–H and O–H groups in total. The van der Waals surface area contributed by atoms with Crippen LogP contribution >= 0.6 is 22.1 Å². The van der Waals surface area contributed by atoms with Crippen LogP contribution in [-0.2, 0) is 13.7 Å². The van der Waals surface area contributed by atoms with Gasteiger partial charge in [0.05, 0.1) is 12.7 Å². The predicted octanol–water partition coefficient (Wildman–Crippen LogP) is 7.29. The molecular formula is C28H67O9P3. The van der Waals surface area contributed by atoms with Gasteiger partial charge in [-0.3, -0.25) is 13.7 Å². The fourth-order valence-corrected chi connectivity index (χ4v) is 8.45. The van der Waals surface area contributed by atoms with Gasteiger partial charge in [0.1, 0.15) is 6.10 Å². The first kappa shape index (κ1) is 47.4. The molecule has 0 radical (unpaired) electrons. The number of hydrogen-bond acceptors (Lipinski definition) is 6. The van der Waals surface area contributed by atoms with Crippen LogP contribution in [0.5, 0.6) is 0 Å². The summed E-state index contributed by atoms with van der Waals surface area (Å²) in [6.07, 6.45) is 12.7. The lowest BCUT2D eigenvalue weighted by atomic mass is 10.2. The zero-order chi connectivity index (χ0) is 32.1. The molecule has 2 atom stereocenters. The Balaban J connectivity index is -0.000000219. The van der Waals surface area contributed by atoms with Crippen LogP contribution in [0.3, 0.4) is 0 Å². The molecule has 0 saturated heterocycles. The lowest BCUT2D eigenvalue weighted by Crippen LogP contribution is -2.25. The largest absolute Gasteiger partial charge is 0.394 e. The quantitative estimate of drug-likeness (QED) is 0.0747. The Bertz CT molecular complexity index is 549. The van der Waals surface area contributed by atoms with Gasteiger partial charge in [0.25, 0.3) is 0 Å². The Morgan fingerprint density at radius 1 is 0.475 bits per heavy atom. The monoisotopic (exact) mass is 640 g/mol. The molecule has 0 aromatic rings.